The van der Waals surface area contributed by atoms with Gasteiger partial charge in [-0.1, -0.05) is 53.2 Å². The molecule has 1 atom stereocenters. The van der Waals surface area contributed by atoms with E-state index in [9.17, 15) is 4.39 Å². The molecule has 0 radical (unpaired) electrons. The molecule has 0 saturated heterocycles. The van der Waals surface area contributed by atoms with Gasteiger partial charge >= 0.3 is 0 Å². The molecule has 3 heteroatoms. The van der Waals surface area contributed by atoms with Crippen molar-refractivity contribution in [1.29, 1.82) is 0 Å². The minimum Gasteiger partial charge on any atom is -0.310 e. The summed E-state index contributed by atoms with van der Waals surface area (Å²) in [6.07, 6.45) is 2.95. The van der Waals surface area contributed by atoms with Crippen LogP contribution in [0.2, 0.25) is 0 Å². The van der Waals surface area contributed by atoms with Crippen LogP contribution in [0.25, 0.3) is 0 Å². The van der Waals surface area contributed by atoms with Crippen LogP contribution in [0.5, 0.6) is 0 Å². The Labute approximate surface area is 134 Å². The second kappa shape index (κ2) is 8.30. The first-order valence-electron chi connectivity index (χ1n) is 7.43. The first-order valence-corrected chi connectivity index (χ1v) is 8.22. The Bertz CT molecular complexity index is 556. The number of hydrogen-bond acceptors (Lipinski definition) is 1. The van der Waals surface area contributed by atoms with Crippen molar-refractivity contribution in [3.8, 4) is 0 Å². The molecule has 0 bridgehead atoms. The second-order valence-corrected chi connectivity index (χ2v) is 6.00. The average Bonchev–Trinajstić information content (AvgIpc) is 2.51. The van der Waals surface area contributed by atoms with Gasteiger partial charge in [0, 0.05) is 10.5 Å². The Kier molecular flexibility index (Phi) is 6.40. The minimum absolute atomic E-state index is 0.167. The van der Waals surface area contributed by atoms with Gasteiger partial charge in [-0.25, -0.2) is 4.39 Å². The summed E-state index contributed by atoms with van der Waals surface area (Å²) >= 11 is 3.49. The second-order valence-electron chi connectivity index (χ2n) is 5.15. The van der Waals surface area contributed by atoms with Crippen LogP contribution in [-0.4, -0.2) is 6.54 Å². The molecule has 112 valence electrons. The van der Waals surface area contributed by atoms with Crippen LogP contribution in [0, 0.1) is 5.82 Å². The fraction of sp³-hybridized carbons (Fsp3) is 0.333. The molecular weight excluding hydrogens is 329 g/mol. The SMILES string of the molecule is CCNC(CCCc1cc(F)ccc1Br)c1ccccc1. The van der Waals surface area contributed by atoms with Crippen molar-refractivity contribution in [2.75, 3.05) is 6.54 Å². The summed E-state index contributed by atoms with van der Waals surface area (Å²) in [4.78, 5) is 0. The van der Waals surface area contributed by atoms with Gasteiger partial charge in [-0.15, -0.1) is 0 Å². The molecule has 0 spiro atoms. The van der Waals surface area contributed by atoms with Crippen molar-refractivity contribution < 1.29 is 4.39 Å². The molecule has 1 nitrogen and oxygen atoms in total. The van der Waals surface area contributed by atoms with Crippen molar-refractivity contribution in [1.82, 2.24) is 5.32 Å². The van der Waals surface area contributed by atoms with E-state index < -0.39 is 0 Å². The summed E-state index contributed by atoms with van der Waals surface area (Å²) in [6.45, 7) is 3.07. The average molecular weight is 350 g/mol. The fourth-order valence-corrected chi connectivity index (χ4v) is 2.99. The standard InChI is InChI=1S/C18H21BrFN/c1-2-21-18(14-7-4-3-5-8-14)10-6-9-15-13-16(20)11-12-17(15)19/h3-5,7-8,11-13,18,21H,2,6,9-10H2,1H3. The zero-order valence-electron chi connectivity index (χ0n) is 12.3. The highest BCUT2D eigenvalue weighted by Crippen LogP contribution is 2.23. The monoisotopic (exact) mass is 349 g/mol. The quantitative estimate of drug-likeness (QED) is 0.718. The number of aryl methyl sites for hydroxylation is 1. The Morgan fingerprint density at radius 1 is 1.14 bits per heavy atom. The van der Waals surface area contributed by atoms with Crippen LogP contribution in [0.4, 0.5) is 4.39 Å². The Morgan fingerprint density at radius 3 is 2.62 bits per heavy atom. The molecule has 0 saturated carbocycles. The van der Waals surface area contributed by atoms with Crippen molar-refractivity contribution >= 4 is 15.9 Å². The van der Waals surface area contributed by atoms with E-state index in [1.807, 2.05) is 6.07 Å². The molecule has 0 aliphatic carbocycles. The number of hydrogen-bond donors (Lipinski definition) is 1. The molecule has 21 heavy (non-hydrogen) atoms. The normalized spacial score (nSPS) is 12.3. The molecule has 0 fully saturated rings. The molecule has 0 heterocycles. The van der Waals surface area contributed by atoms with Gasteiger partial charge < -0.3 is 5.32 Å². The summed E-state index contributed by atoms with van der Waals surface area (Å²) in [5, 5.41) is 3.53. The molecule has 0 aliphatic rings. The highest BCUT2D eigenvalue weighted by atomic mass is 79.9. The summed E-state index contributed by atoms with van der Waals surface area (Å²) in [6, 6.07) is 15.7. The van der Waals surface area contributed by atoms with E-state index in [1.54, 1.807) is 12.1 Å². The summed E-state index contributed by atoms with van der Waals surface area (Å²) in [7, 11) is 0. The largest absolute Gasteiger partial charge is 0.310 e. The lowest BCUT2D eigenvalue weighted by Gasteiger charge is -2.18. The van der Waals surface area contributed by atoms with Crippen LogP contribution in [0.1, 0.15) is 36.9 Å². The Hall–Kier alpha value is -1.19. The molecule has 1 N–H and O–H groups in total. The lowest BCUT2D eigenvalue weighted by molar-refractivity contribution is 0.497. The lowest BCUT2D eigenvalue weighted by Crippen LogP contribution is -2.20. The smallest absolute Gasteiger partial charge is 0.123 e. The van der Waals surface area contributed by atoms with Gasteiger partial charge in [0.05, 0.1) is 0 Å². The zero-order valence-corrected chi connectivity index (χ0v) is 13.9. The predicted octanol–water partition coefficient (Wildman–Crippen LogP) is 5.26. The van der Waals surface area contributed by atoms with Crippen LogP contribution in [0.15, 0.2) is 53.0 Å². The van der Waals surface area contributed by atoms with E-state index in [4.69, 9.17) is 0 Å². The van der Waals surface area contributed by atoms with Gasteiger partial charge in [0.25, 0.3) is 0 Å². The summed E-state index contributed by atoms with van der Waals surface area (Å²) < 4.78 is 14.3. The van der Waals surface area contributed by atoms with E-state index in [0.29, 0.717) is 6.04 Å². The molecule has 1 unspecified atom stereocenters. The first kappa shape index (κ1) is 16.2. The first-order chi connectivity index (χ1) is 10.2. The number of benzene rings is 2. The highest BCUT2D eigenvalue weighted by molar-refractivity contribution is 9.10. The predicted molar refractivity (Wildman–Crippen MR) is 89.9 cm³/mol. The van der Waals surface area contributed by atoms with E-state index in [2.05, 4.69) is 52.4 Å². The zero-order chi connectivity index (χ0) is 15.1. The van der Waals surface area contributed by atoms with Gasteiger partial charge in [0.1, 0.15) is 5.82 Å². The Balaban J connectivity index is 1.95. The minimum atomic E-state index is -0.167. The number of nitrogens with one attached hydrogen (secondary N) is 1. The van der Waals surface area contributed by atoms with Gasteiger partial charge in [0.15, 0.2) is 0 Å². The van der Waals surface area contributed by atoms with Crippen LogP contribution in [-0.2, 0) is 6.42 Å². The van der Waals surface area contributed by atoms with Gasteiger partial charge in [-0.2, -0.15) is 0 Å². The van der Waals surface area contributed by atoms with E-state index in [0.717, 1.165) is 35.8 Å². The molecule has 2 aromatic carbocycles. The maximum atomic E-state index is 13.3. The molecule has 2 aromatic rings. The van der Waals surface area contributed by atoms with Crippen molar-refractivity contribution in [2.45, 2.75) is 32.2 Å². The molecule has 0 aromatic heterocycles. The van der Waals surface area contributed by atoms with Crippen LogP contribution >= 0.6 is 15.9 Å². The number of rotatable bonds is 7. The number of halogens is 2. The fourth-order valence-electron chi connectivity index (χ4n) is 2.55. The highest BCUT2D eigenvalue weighted by Gasteiger charge is 2.10. The third-order valence-corrected chi connectivity index (χ3v) is 4.37. The maximum Gasteiger partial charge on any atom is 0.123 e. The van der Waals surface area contributed by atoms with Crippen molar-refractivity contribution in [3.63, 3.8) is 0 Å². The van der Waals surface area contributed by atoms with Crippen LogP contribution < -0.4 is 5.32 Å². The molecule has 0 aliphatic heterocycles. The van der Waals surface area contributed by atoms with Crippen molar-refractivity contribution in [2.24, 2.45) is 0 Å². The molecule has 0 amide bonds. The van der Waals surface area contributed by atoms with Gasteiger partial charge in [-0.3, -0.25) is 0 Å². The van der Waals surface area contributed by atoms with Crippen LogP contribution in [0.3, 0.4) is 0 Å². The lowest BCUT2D eigenvalue weighted by atomic mass is 9.99. The van der Waals surface area contributed by atoms with E-state index >= 15 is 0 Å². The van der Waals surface area contributed by atoms with E-state index in [1.165, 1.54) is 11.6 Å². The van der Waals surface area contributed by atoms with Crippen molar-refractivity contribution in [3.05, 3.63) is 69.9 Å². The summed E-state index contributed by atoms with van der Waals surface area (Å²) in [5.74, 6) is -0.167. The maximum absolute atomic E-state index is 13.3. The van der Waals surface area contributed by atoms with Gasteiger partial charge in [-0.05, 0) is 55.1 Å². The third kappa shape index (κ3) is 4.94. The Morgan fingerprint density at radius 2 is 1.90 bits per heavy atom. The van der Waals surface area contributed by atoms with E-state index in [-0.39, 0.29) is 5.82 Å². The summed E-state index contributed by atoms with van der Waals surface area (Å²) in [5.41, 5.74) is 2.36. The topological polar surface area (TPSA) is 12.0 Å². The molecule has 2 rings (SSSR count). The molecular formula is C18H21BrFN. The van der Waals surface area contributed by atoms with Gasteiger partial charge in [0.2, 0.25) is 0 Å². The third-order valence-electron chi connectivity index (χ3n) is 3.60.